The monoisotopic (exact) mass is 187 g/mol. The molecule has 0 unspecified atom stereocenters. The van der Waals surface area contributed by atoms with E-state index in [0.29, 0.717) is 0 Å². The van der Waals surface area contributed by atoms with Crippen LogP contribution in [-0.2, 0) is 9.59 Å². The summed E-state index contributed by atoms with van der Waals surface area (Å²) >= 11 is 0. The molecule has 1 fully saturated rings. The van der Waals surface area contributed by atoms with E-state index >= 15 is 0 Å². The lowest BCUT2D eigenvalue weighted by Gasteiger charge is -2.35. The largest absolute Gasteiger partial charge is 0.363 e. The third-order valence-electron chi connectivity index (χ3n) is 2.23. The first-order valence-electron chi connectivity index (χ1n) is 4.82. The SMILES string of the molecule is CC1(C(=O)C(N)=O)CCC1.CCC.[HH]. The van der Waals surface area contributed by atoms with Gasteiger partial charge in [0.2, 0.25) is 5.78 Å². The van der Waals surface area contributed by atoms with Crippen LogP contribution in [0.1, 0.15) is 47.9 Å². The quantitative estimate of drug-likeness (QED) is 0.671. The molecule has 1 aliphatic carbocycles. The molecule has 0 saturated heterocycles. The Kier molecular flexibility index (Phi) is 4.67. The number of carbonyl (C=O) groups is 2. The predicted octanol–water partition coefficient (Wildman–Crippen LogP) is 1.89. The van der Waals surface area contributed by atoms with Gasteiger partial charge in [-0.05, 0) is 12.8 Å². The Morgan fingerprint density at radius 2 is 1.77 bits per heavy atom. The fourth-order valence-electron chi connectivity index (χ4n) is 1.23. The zero-order chi connectivity index (χ0) is 10.5. The maximum absolute atomic E-state index is 11.0. The van der Waals surface area contributed by atoms with Crippen LogP contribution in [0.15, 0.2) is 0 Å². The van der Waals surface area contributed by atoms with Gasteiger partial charge < -0.3 is 5.73 Å². The number of carbonyl (C=O) groups excluding carboxylic acids is 2. The highest BCUT2D eigenvalue weighted by atomic mass is 16.2. The summed E-state index contributed by atoms with van der Waals surface area (Å²) in [6.07, 6.45) is 3.92. The Labute approximate surface area is 81.2 Å². The van der Waals surface area contributed by atoms with E-state index in [1.54, 1.807) is 6.92 Å². The van der Waals surface area contributed by atoms with E-state index in [0.717, 1.165) is 19.3 Å². The minimum absolute atomic E-state index is 0. The minimum atomic E-state index is -0.790. The highest BCUT2D eigenvalue weighted by molar-refractivity contribution is 6.37. The van der Waals surface area contributed by atoms with Gasteiger partial charge in [0.15, 0.2) is 0 Å². The van der Waals surface area contributed by atoms with E-state index in [1.807, 2.05) is 0 Å². The molecule has 1 amide bonds. The van der Waals surface area contributed by atoms with Crippen LogP contribution in [0.4, 0.5) is 0 Å². The maximum Gasteiger partial charge on any atom is 0.285 e. The molecule has 0 bridgehead atoms. The number of nitrogens with two attached hydrogens (primary N) is 1. The van der Waals surface area contributed by atoms with Gasteiger partial charge in [0, 0.05) is 6.84 Å². The number of hydrogen-bond donors (Lipinski definition) is 1. The molecule has 0 atom stereocenters. The van der Waals surface area contributed by atoms with E-state index in [-0.39, 0.29) is 1.43 Å². The van der Waals surface area contributed by atoms with Gasteiger partial charge in [0.05, 0.1) is 0 Å². The van der Waals surface area contributed by atoms with Gasteiger partial charge in [0.1, 0.15) is 0 Å². The molecule has 13 heavy (non-hydrogen) atoms. The highest BCUT2D eigenvalue weighted by Gasteiger charge is 2.41. The molecule has 0 aliphatic heterocycles. The molecule has 0 aromatic rings. The molecule has 0 heterocycles. The Morgan fingerprint density at radius 3 is 1.85 bits per heavy atom. The second kappa shape index (κ2) is 5.00. The van der Waals surface area contributed by atoms with Gasteiger partial charge in [0.25, 0.3) is 5.91 Å². The first kappa shape index (κ1) is 12.1. The number of ketones is 1. The number of hydrogen-bond acceptors (Lipinski definition) is 2. The van der Waals surface area contributed by atoms with Gasteiger partial charge in [-0.25, -0.2) is 0 Å². The first-order valence-corrected chi connectivity index (χ1v) is 4.82. The smallest absolute Gasteiger partial charge is 0.285 e. The standard InChI is InChI=1S/C7H11NO2.C3H8.H2/c1-7(3-2-4-7)5(9)6(8)10;1-3-2;/h2-4H2,1H3,(H2,8,10);3H2,1-2H3;1H. The van der Waals surface area contributed by atoms with Crippen LogP contribution in [0.5, 0.6) is 0 Å². The lowest BCUT2D eigenvalue weighted by atomic mass is 9.67. The fourth-order valence-corrected chi connectivity index (χ4v) is 1.23. The van der Waals surface area contributed by atoms with Crippen LogP contribution in [0.25, 0.3) is 0 Å². The summed E-state index contributed by atoms with van der Waals surface area (Å²) in [5.41, 5.74) is 4.43. The van der Waals surface area contributed by atoms with Crippen molar-refractivity contribution in [3.63, 3.8) is 0 Å². The van der Waals surface area contributed by atoms with Gasteiger partial charge >= 0.3 is 0 Å². The van der Waals surface area contributed by atoms with E-state index in [2.05, 4.69) is 13.8 Å². The summed E-state index contributed by atoms with van der Waals surface area (Å²) in [4.78, 5) is 21.4. The van der Waals surface area contributed by atoms with Gasteiger partial charge in [-0.15, -0.1) is 0 Å². The van der Waals surface area contributed by atoms with Crippen LogP contribution >= 0.6 is 0 Å². The van der Waals surface area contributed by atoms with E-state index in [1.165, 1.54) is 6.42 Å². The van der Waals surface area contributed by atoms with E-state index in [9.17, 15) is 9.59 Å². The van der Waals surface area contributed by atoms with Crippen LogP contribution in [-0.4, -0.2) is 11.7 Å². The third kappa shape index (κ3) is 3.17. The van der Waals surface area contributed by atoms with Gasteiger partial charge in [-0.1, -0.05) is 33.6 Å². The molecule has 1 aliphatic rings. The number of rotatable bonds is 2. The fraction of sp³-hybridized carbons (Fsp3) is 0.800. The summed E-state index contributed by atoms with van der Waals surface area (Å²) in [5.74, 6) is -1.19. The number of primary amides is 1. The molecule has 1 saturated carbocycles. The topological polar surface area (TPSA) is 60.2 Å². The van der Waals surface area contributed by atoms with Crippen LogP contribution in [0.2, 0.25) is 0 Å². The van der Waals surface area contributed by atoms with Crippen molar-refractivity contribution in [1.82, 2.24) is 0 Å². The Morgan fingerprint density at radius 1 is 1.38 bits per heavy atom. The van der Waals surface area contributed by atoms with Crippen molar-refractivity contribution in [2.75, 3.05) is 0 Å². The molecule has 2 N–H and O–H groups in total. The summed E-state index contributed by atoms with van der Waals surface area (Å²) in [7, 11) is 0. The molecule has 3 nitrogen and oxygen atoms in total. The molecule has 0 radical (unpaired) electrons. The van der Waals surface area contributed by atoms with Crippen molar-refractivity contribution in [2.24, 2.45) is 11.1 Å². The van der Waals surface area contributed by atoms with E-state index < -0.39 is 17.1 Å². The molecular weight excluding hydrogens is 166 g/mol. The molecule has 3 heteroatoms. The predicted molar refractivity (Wildman–Crippen MR) is 54.2 cm³/mol. The lowest BCUT2D eigenvalue weighted by Crippen LogP contribution is -2.42. The Bertz CT molecular complexity index is 200. The molecule has 0 aromatic heterocycles. The molecule has 0 spiro atoms. The Hall–Kier alpha value is -0.860. The second-order valence-electron chi connectivity index (χ2n) is 3.81. The number of amides is 1. The minimum Gasteiger partial charge on any atom is -0.363 e. The van der Waals surface area contributed by atoms with Crippen molar-refractivity contribution < 1.29 is 11.0 Å². The summed E-state index contributed by atoms with van der Waals surface area (Å²) in [5, 5.41) is 0. The lowest BCUT2D eigenvalue weighted by molar-refractivity contribution is -0.144. The van der Waals surface area contributed by atoms with E-state index in [4.69, 9.17) is 5.73 Å². The van der Waals surface area contributed by atoms with Crippen LogP contribution < -0.4 is 5.73 Å². The normalized spacial score (nSPS) is 17.8. The average Bonchev–Trinajstić information content (AvgIpc) is 2.00. The number of Topliss-reactive ketones (excluding diaryl/α,β-unsaturated/α-hetero) is 1. The van der Waals surface area contributed by atoms with Crippen LogP contribution in [0, 0.1) is 5.41 Å². The zero-order valence-corrected chi connectivity index (χ0v) is 8.72. The molecular formula is C10H21NO2. The third-order valence-corrected chi connectivity index (χ3v) is 2.23. The summed E-state index contributed by atoms with van der Waals surface area (Å²) in [6, 6.07) is 0. The molecule has 78 valence electrons. The zero-order valence-electron chi connectivity index (χ0n) is 8.72. The van der Waals surface area contributed by atoms with Crippen LogP contribution in [0.3, 0.4) is 0 Å². The van der Waals surface area contributed by atoms with Crippen molar-refractivity contribution in [2.45, 2.75) is 46.5 Å². The van der Waals surface area contributed by atoms with Crippen molar-refractivity contribution in [3.05, 3.63) is 0 Å². The summed E-state index contributed by atoms with van der Waals surface area (Å²) in [6.45, 7) is 6.05. The van der Waals surface area contributed by atoms with Crippen molar-refractivity contribution in [1.29, 1.82) is 0 Å². The highest BCUT2D eigenvalue weighted by Crippen LogP contribution is 2.40. The summed E-state index contributed by atoms with van der Waals surface area (Å²) < 4.78 is 0. The first-order chi connectivity index (χ1) is 5.98. The van der Waals surface area contributed by atoms with Gasteiger partial charge in [-0.3, -0.25) is 9.59 Å². The Balaban J connectivity index is 0. The van der Waals surface area contributed by atoms with Crippen molar-refractivity contribution in [3.8, 4) is 0 Å². The van der Waals surface area contributed by atoms with Crippen molar-refractivity contribution >= 4 is 11.7 Å². The molecule has 1 rings (SSSR count). The second-order valence-corrected chi connectivity index (χ2v) is 3.81. The van der Waals surface area contributed by atoms with Gasteiger partial charge in [-0.2, -0.15) is 0 Å². The average molecular weight is 187 g/mol. The molecule has 0 aromatic carbocycles. The maximum atomic E-state index is 11.0.